The number of hydrogen-bond acceptors (Lipinski definition) is 5. The highest BCUT2D eigenvalue weighted by atomic mass is 127. The van der Waals surface area contributed by atoms with Crippen LogP contribution in [0.25, 0.3) is 0 Å². The fourth-order valence-corrected chi connectivity index (χ4v) is 2.61. The fraction of sp³-hybridized carbons (Fsp3) is 0.647. The van der Waals surface area contributed by atoms with Crippen LogP contribution in [0.1, 0.15) is 12.0 Å². The number of pyridine rings is 1. The molecule has 1 aromatic heterocycles. The molecule has 0 atom stereocenters. The third-order valence-electron chi connectivity index (χ3n) is 4.14. The molecule has 2 heterocycles. The summed E-state index contributed by atoms with van der Waals surface area (Å²) < 4.78 is 5.05. The molecule has 8 heteroatoms. The molecule has 1 saturated heterocycles. The molecule has 142 valence electrons. The van der Waals surface area contributed by atoms with Crippen molar-refractivity contribution in [2.75, 3.05) is 65.4 Å². The van der Waals surface area contributed by atoms with E-state index in [1.165, 1.54) is 5.56 Å². The molecule has 1 aliphatic heterocycles. The second-order valence-corrected chi connectivity index (χ2v) is 6.01. The predicted octanol–water partition coefficient (Wildman–Crippen LogP) is 1.15. The highest BCUT2D eigenvalue weighted by molar-refractivity contribution is 14.0. The molecule has 0 amide bonds. The zero-order valence-electron chi connectivity index (χ0n) is 15.5. The lowest BCUT2D eigenvalue weighted by Crippen LogP contribution is -2.44. The number of aliphatic imine (C=N–C) groups is 1. The smallest absolute Gasteiger partial charge is 0.191 e. The molecule has 7 nitrogen and oxygen atoms in total. The Morgan fingerprint density at radius 2 is 2.04 bits per heavy atom. The molecule has 0 bridgehead atoms. The van der Waals surface area contributed by atoms with Crippen LogP contribution in [-0.4, -0.2) is 76.4 Å². The first kappa shape index (κ1) is 21.9. The highest BCUT2D eigenvalue weighted by Gasteiger charge is 2.15. The minimum absolute atomic E-state index is 0. The van der Waals surface area contributed by atoms with Gasteiger partial charge in [0.1, 0.15) is 5.82 Å². The Labute approximate surface area is 168 Å². The topological polar surface area (TPSA) is 65.0 Å². The minimum Gasteiger partial charge on any atom is -0.385 e. The van der Waals surface area contributed by atoms with Crippen molar-refractivity contribution >= 4 is 35.8 Å². The van der Waals surface area contributed by atoms with Gasteiger partial charge >= 0.3 is 0 Å². The molecule has 1 aliphatic rings. The van der Waals surface area contributed by atoms with Crippen molar-refractivity contribution in [3.8, 4) is 0 Å². The standard InChI is InChI=1S/C17H30N6O.HI/c1-18-17(20-6-4-12-24-3)21-14-15-5-7-19-16(13-15)23-10-8-22(2)9-11-23;/h5,7,13H,4,6,8-12,14H2,1-3H3,(H2,18,20,21);1H. The SMILES string of the molecule is CN=C(NCCCOC)NCc1ccnc(N2CCN(C)CC2)c1.I. The third-order valence-corrected chi connectivity index (χ3v) is 4.14. The Bertz CT molecular complexity index is 520. The van der Waals surface area contributed by atoms with Crippen LogP contribution < -0.4 is 15.5 Å². The summed E-state index contributed by atoms with van der Waals surface area (Å²) in [4.78, 5) is 13.5. The molecular formula is C17H31IN6O. The second-order valence-electron chi connectivity index (χ2n) is 6.01. The summed E-state index contributed by atoms with van der Waals surface area (Å²) in [7, 11) is 5.67. The maximum Gasteiger partial charge on any atom is 0.191 e. The zero-order valence-corrected chi connectivity index (χ0v) is 17.8. The number of rotatable bonds is 7. The molecule has 25 heavy (non-hydrogen) atoms. The van der Waals surface area contributed by atoms with Gasteiger partial charge in [-0.15, -0.1) is 24.0 Å². The number of piperazine rings is 1. The summed E-state index contributed by atoms with van der Waals surface area (Å²) in [6, 6.07) is 4.21. The molecule has 0 aromatic carbocycles. The Kier molecular flexibility index (Phi) is 10.7. The van der Waals surface area contributed by atoms with Crippen LogP contribution in [0.5, 0.6) is 0 Å². The molecule has 1 fully saturated rings. The Morgan fingerprint density at radius 1 is 1.28 bits per heavy atom. The van der Waals surface area contributed by atoms with Crippen LogP contribution in [0.2, 0.25) is 0 Å². The van der Waals surface area contributed by atoms with Crippen LogP contribution in [-0.2, 0) is 11.3 Å². The number of aromatic nitrogens is 1. The van der Waals surface area contributed by atoms with E-state index in [1.807, 2.05) is 12.3 Å². The number of anilines is 1. The van der Waals surface area contributed by atoms with Gasteiger partial charge in [-0.05, 0) is 31.2 Å². The first-order valence-electron chi connectivity index (χ1n) is 8.55. The predicted molar refractivity (Wildman–Crippen MR) is 114 cm³/mol. The van der Waals surface area contributed by atoms with Crippen LogP contribution in [0, 0.1) is 0 Å². The van der Waals surface area contributed by atoms with E-state index in [0.717, 1.165) is 64.1 Å². The molecule has 0 saturated carbocycles. The number of nitrogens with one attached hydrogen (secondary N) is 2. The molecule has 2 N–H and O–H groups in total. The average Bonchev–Trinajstić information content (AvgIpc) is 2.62. The first-order valence-corrected chi connectivity index (χ1v) is 8.55. The van der Waals surface area contributed by atoms with Gasteiger partial charge in [0.05, 0.1) is 0 Å². The number of ether oxygens (including phenoxy) is 1. The van der Waals surface area contributed by atoms with Gasteiger partial charge in [0, 0.05) is 66.2 Å². The lowest BCUT2D eigenvalue weighted by molar-refractivity contribution is 0.195. The summed E-state index contributed by atoms with van der Waals surface area (Å²) in [5.41, 5.74) is 1.21. The number of methoxy groups -OCH3 is 1. The first-order chi connectivity index (χ1) is 11.7. The van der Waals surface area contributed by atoms with Crippen LogP contribution in [0.3, 0.4) is 0 Å². The molecule has 0 unspecified atom stereocenters. The van der Waals surface area contributed by atoms with Crippen molar-refractivity contribution in [1.29, 1.82) is 0 Å². The van der Waals surface area contributed by atoms with E-state index in [-0.39, 0.29) is 24.0 Å². The Balaban J connectivity index is 0.00000312. The van der Waals surface area contributed by atoms with Crippen LogP contribution in [0.15, 0.2) is 23.3 Å². The zero-order chi connectivity index (χ0) is 17.2. The summed E-state index contributed by atoms with van der Waals surface area (Å²) in [5, 5.41) is 6.63. The second kappa shape index (κ2) is 12.3. The lowest BCUT2D eigenvalue weighted by Gasteiger charge is -2.33. The summed E-state index contributed by atoms with van der Waals surface area (Å²) in [6.07, 6.45) is 2.85. The van der Waals surface area contributed by atoms with Crippen molar-refractivity contribution in [2.45, 2.75) is 13.0 Å². The van der Waals surface area contributed by atoms with Gasteiger partial charge in [0.15, 0.2) is 5.96 Å². The number of nitrogens with zero attached hydrogens (tertiary/aromatic N) is 4. The molecule has 1 aromatic rings. The minimum atomic E-state index is 0. The van der Waals surface area contributed by atoms with Crippen molar-refractivity contribution in [3.05, 3.63) is 23.9 Å². The van der Waals surface area contributed by atoms with E-state index in [0.29, 0.717) is 0 Å². The number of likely N-dealkylation sites (N-methyl/N-ethyl adjacent to an activating group) is 1. The molecular weight excluding hydrogens is 431 g/mol. The quantitative estimate of drug-likeness (QED) is 0.275. The number of guanidine groups is 1. The average molecular weight is 462 g/mol. The largest absolute Gasteiger partial charge is 0.385 e. The van der Waals surface area contributed by atoms with Crippen LogP contribution in [0.4, 0.5) is 5.82 Å². The lowest BCUT2D eigenvalue weighted by atomic mass is 10.2. The maximum atomic E-state index is 5.05. The number of hydrogen-bond donors (Lipinski definition) is 2. The van der Waals surface area contributed by atoms with Crippen molar-refractivity contribution in [3.63, 3.8) is 0 Å². The van der Waals surface area contributed by atoms with E-state index < -0.39 is 0 Å². The summed E-state index contributed by atoms with van der Waals surface area (Å²) >= 11 is 0. The van der Waals surface area contributed by atoms with E-state index in [9.17, 15) is 0 Å². The summed E-state index contributed by atoms with van der Waals surface area (Å²) in [6.45, 7) is 6.56. The molecule has 0 aliphatic carbocycles. The van der Waals surface area contributed by atoms with Gasteiger partial charge in [-0.2, -0.15) is 0 Å². The van der Waals surface area contributed by atoms with Gasteiger partial charge in [0.25, 0.3) is 0 Å². The van der Waals surface area contributed by atoms with E-state index >= 15 is 0 Å². The Morgan fingerprint density at radius 3 is 2.72 bits per heavy atom. The van der Waals surface area contributed by atoms with Gasteiger partial charge in [0.2, 0.25) is 0 Å². The molecule has 0 spiro atoms. The summed E-state index contributed by atoms with van der Waals surface area (Å²) in [5.74, 6) is 1.87. The fourth-order valence-electron chi connectivity index (χ4n) is 2.61. The van der Waals surface area contributed by atoms with Gasteiger partial charge in [-0.1, -0.05) is 0 Å². The highest BCUT2D eigenvalue weighted by Crippen LogP contribution is 2.14. The van der Waals surface area contributed by atoms with Crippen molar-refractivity contribution < 1.29 is 4.74 Å². The normalized spacial score (nSPS) is 15.6. The van der Waals surface area contributed by atoms with Crippen molar-refractivity contribution in [2.24, 2.45) is 4.99 Å². The van der Waals surface area contributed by atoms with Gasteiger partial charge in [-0.3, -0.25) is 4.99 Å². The van der Waals surface area contributed by atoms with Gasteiger partial charge < -0.3 is 25.2 Å². The molecule has 2 rings (SSSR count). The maximum absolute atomic E-state index is 5.05. The molecule has 0 radical (unpaired) electrons. The van der Waals surface area contributed by atoms with E-state index in [2.05, 4.69) is 43.5 Å². The number of halogens is 1. The van der Waals surface area contributed by atoms with Crippen LogP contribution >= 0.6 is 24.0 Å². The van der Waals surface area contributed by atoms with E-state index in [4.69, 9.17) is 4.74 Å². The monoisotopic (exact) mass is 462 g/mol. The van der Waals surface area contributed by atoms with Crippen molar-refractivity contribution in [1.82, 2.24) is 20.5 Å². The Hall–Kier alpha value is -1.13. The third kappa shape index (κ3) is 7.74. The van der Waals surface area contributed by atoms with E-state index in [1.54, 1.807) is 14.2 Å². The van der Waals surface area contributed by atoms with Gasteiger partial charge in [-0.25, -0.2) is 4.98 Å².